The van der Waals surface area contributed by atoms with Crippen molar-refractivity contribution in [2.24, 2.45) is 4.99 Å². The van der Waals surface area contributed by atoms with Crippen LogP contribution in [-0.4, -0.2) is 6.72 Å². The van der Waals surface area contributed by atoms with Gasteiger partial charge in [-0.15, -0.1) is 0 Å². The maximum absolute atomic E-state index is 12.6. The molecule has 0 bridgehead atoms. The van der Waals surface area contributed by atoms with Gasteiger partial charge in [-0.3, -0.25) is 4.99 Å². The van der Waals surface area contributed by atoms with Crippen LogP contribution >= 0.6 is 10.2 Å². The topological polar surface area (TPSA) is 12.4 Å². The fourth-order valence-electron chi connectivity index (χ4n) is 0.862. The van der Waals surface area contributed by atoms with Crippen LogP contribution in [0.2, 0.25) is 0 Å². The van der Waals surface area contributed by atoms with E-state index >= 15 is 0 Å². The van der Waals surface area contributed by atoms with Gasteiger partial charge in [-0.1, -0.05) is 19.4 Å². The van der Waals surface area contributed by atoms with Crippen LogP contribution in [0.4, 0.5) is 29.5 Å². The summed E-state index contributed by atoms with van der Waals surface area (Å²) in [6.45, 7) is 2.82. The van der Waals surface area contributed by atoms with Crippen molar-refractivity contribution in [3.8, 4) is 0 Å². The number of hydrogen-bond acceptors (Lipinski definition) is 1. The summed E-state index contributed by atoms with van der Waals surface area (Å²) in [4.78, 5) is 0.655. The van der Waals surface area contributed by atoms with E-state index in [4.69, 9.17) is 0 Å². The highest BCUT2D eigenvalue weighted by Crippen LogP contribution is 3.02. The summed E-state index contributed by atoms with van der Waals surface area (Å²) in [6.07, 6.45) is 0. The van der Waals surface area contributed by atoms with Crippen molar-refractivity contribution < 1.29 is 23.8 Å². The average Bonchev–Trinajstić information content (AvgIpc) is 1.99. The van der Waals surface area contributed by atoms with Gasteiger partial charge in [0.05, 0.1) is 5.69 Å². The molecule has 8 heteroatoms. The molecular formula is C7H5F6NS. The molecule has 0 aliphatic heterocycles. The van der Waals surface area contributed by atoms with E-state index in [-0.39, 0.29) is 12.1 Å². The smallest absolute Gasteiger partial charge is 0.265 e. The van der Waals surface area contributed by atoms with E-state index in [0.29, 0.717) is 6.07 Å². The van der Waals surface area contributed by atoms with Gasteiger partial charge < -0.3 is 0 Å². The van der Waals surface area contributed by atoms with Gasteiger partial charge >= 0.3 is 10.2 Å². The van der Waals surface area contributed by atoms with Gasteiger partial charge in [0.25, 0.3) is 0 Å². The average molecular weight is 249 g/mol. The molecule has 0 heterocycles. The standard InChI is InChI=1S/C7H5F6NS/c1-14-6-2-5(8)3-7(4-6)15(9,10,11,12)13/h2-4H,1H2. The maximum Gasteiger partial charge on any atom is 0.310 e. The van der Waals surface area contributed by atoms with Crippen LogP contribution in [-0.2, 0) is 0 Å². The van der Waals surface area contributed by atoms with Gasteiger partial charge in [0.15, 0.2) is 0 Å². The predicted octanol–water partition coefficient (Wildman–Crippen LogP) is 4.82. The maximum atomic E-state index is 12.6. The first-order chi connectivity index (χ1) is 6.42. The summed E-state index contributed by atoms with van der Waals surface area (Å²) in [7, 11) is -9.84. The molecule has 1 aromatic carbocycles. The molecule has 0 atom stereocenters. The fraction of sp³-hybridized carbons (Fsp3) is 0. The minimum absolute atomic E-state index is 0.0532. The molecule has 0 amide bonds. The molecule has 0 unspecified atom stereocenters. The Bertz CT molecular complexity index is 422. The molecule has 0 spiro atoms. The highest BCUT2D eigenvalue weighted by Gasteiger charge is 2.65. The van der Waals surface area contributed by atoms with Gasteiger partial charge in [0.1, 0.15) is 10.7 Å². The molecule has 15 heavy (non-hydrogen) atoms. The summed E-state index contributed by atoms with van der Waals surface area (Å²) >= 11 is 0. The number of rotatable bonds is 2. The molecule has 0 aliphatic rings. The van der Waals surface area contributed by atoms with Gasteiger partial charge in [0.2, 0.25) is 0 Å². The summed E-state index contributed by atoms with van der Waals surface area (Å²) in [5.41, 5.74) is -0.599. The molecule has 0 radical (unpaired) electrons. The number of halogens is 6. The SMILES string of the molecule is C=Nc1cc(F)cc(S(F)(F)(F)(F)F)c1. The second-order valence-electron chi connectivity index (χ2n) is 2.77. The Balaban J connectivity index is 3.54. The van der Waals surface area contributed by atoms with E-state index in [9.17, 15) is 23.8 Å². The first-order valence-corrected chi connectivity index (χ1v) is 5.39. The quantitative estimate of drug-likeness (QED) is 0.526. The molecule has 86 valence electrons. The number of nitrogens with zero attached hydrogens (tertiary/aromatic N) is 1. The monoisotopic (exact) mass is 249 g/mol. The van der Waals surface area contributed by atoms with E-state index in [2.05, 4.69) is 11.7 Å². The Morgan fingerprint density at radius 1 is 1.00 bits per heavy atom. The molecule has 1 nitrogen and oxygen atoms in total. The number of aliphatic imine (C=N–C) groups is 1. The van der Waals surface area contributed by atoms with Crippen LogP contribution in [0.25, 0.3) is 0 Å². The first kappa shape index (κ1) is 11.9. The Morgan fingerprint density at radius 3 is 1.93 bits per heavy atom. The van der Waals surface area contributed by atoms with Gasteiger partial charge in [-0.25, -0.2) is 4.39 Å². The Kier molecular flexibility index (Phi) is 1.97. The Morgan fingerprint density at radius 2 is 1.53 bits per heavy atom. The van der Waals surface area contributed by atoms with Crippen LogP contribution in [0.3, 0.4) is 0 Å². The molecular weight excluding hydrogens is 244 g/mol. The van der Waals surface area contributed by atoms with Crippen molar-refractivity contribution >= 4 is 22.6 Å². The van der Waals surface area contributed by atoms with E-state index in [1.165, 1.54) is 0 Å². The molecule has 0 saturated carbocycles. The lowest BCUT2D eigenvalue weighted by molar-refractivity contribution is 0.363. The van der Waals surface area contributed by atoms with E-state index in [1.54, 1.807) is 0 Å². The summed E-state index contributed by atoms with van der Waals surface area (Å²) in [5, 5.41) is 0. The summed E-state index contributed by atoms with van der Waals surface area (Å²) < 4.78 is 73.7. The van der Waals surface area contributed by atoms with Gasteiger partial charge in [-0.2, -0.15) is 0 Å². The van der Waals surface area contributed by atoms with E-state index in [0.717, 1.165) is 0 Å². The number of benzene rings is 1. The van der Waals surface area contributed by atoms with E-state index in [1.807, 2.05) is 0 Å². The van der Waals surface area contributed by atoms with Crippen LogP contribution < -0.4 is 0 Å². The minimum Gasteiger partial charge on any atom is -0.265 e. The normalized spacial score (nSPS) is 16.7. The highest BCUT2D eigenvalue weighted by atomic mass is 32.5. The fourth-order valence-corrected chi connectivity index (χ4v) is 1.54. The van der Waals surface area contributed by atoms with Crippen molar-refractivity contribution in [3.05, 3.63) is 24.0 Å². The van der Waals surface area contributed by atoms with Crippen LogP contribution in [0.15, 0.2) is 28.1 Å². The molecule has 0 fully saturated rings. The molecule has 0 aromatic heterocycles. The third-order valence-corrected chi connectivity index (χ3v) is 2.61. The largest absolute Gasteiger partial charge is 0.310 e. The zero-order valence-corrected chi connectivity index (χ0v) is 7.88. The summed E-state index contributed by atoms with van der Waals surface area (Å²) in [6, 6.07) is 0.355. The van der Waals surface area contributed by atoms with Crippen LogP contribution in [0, 0.1) is 5.82 Å². The lowest BCUT2D eigenvalue weighted by Crippen LogP contribution is -2.06. The Labute approximate surface area is 81.2 Å². The predicted molar refractivity (Wildman–Crippen MR) is 47.0 cm³/mol. The lowest BCUT2D eigenvalue weighted by atomic mass is 10.3. The second-order valence-corrected chi connectivity index (χ2v) is 5.18. The molecule has 0 saturated heterocycles. The van der Waals surface area contributed by atoms with Crippen molar-refractivity contribution in [3.63, 3.8) is 0 Å². The van der Waals surface area contributed by atoms with Crippen molar-refractivity contribution in [2.75, 3.05) is 0 Å². The first-order valence-electron chi connectivity index (χ1n) is 3.44. The lowest BCUT2D eigenvalue weighted by Gasteiger charge is -2.40. The third-order valence-electron chi connectivity index (χ3n) is 1.48. The van der Waals surface area contributed by atoms with Crippen LogP contribution in [0.5, 0.6) is 0 Å². The third kappa shape index (κ3) is 2.88. The molecule has 0 aliphatic carbocycles. The zero-order valence-electron chi connectivity index (χ0n) is 7.06. The molecule has 0 N–H and O–H groups in total. The van der Waals surface area contributed by atoms with Crippen molar-refractivity contribution in [2.45, 2.75) is 4.90 Å². The minimum atomic E-state index is -9.84. The van der Waals surface area contributed by atoms with Crippen molar-refractivity contribution in [1.29, 1.82) is 0 Å². The van der Waals surface area contributed by atoms with Crippen LogP contribution in [0.1, 0.15) is 0 Å². The second kappa shape index (κ2) is 2.49. The summed E-state index contributed by atoms with van der Waals surface area (Å²) in [5.74, 6) is -1.44. The highest BCUT2D eigenvalue weighted by molar-refractivity contribution is 8.45. The van der Waals surface area contributed by atoms with E-state index < -0.39 is 26.6 Å². The van der Waals surface area contributed by atoms with Crippen molar-refractivity contribution in [1.82, 2.24) is 0 Å². The number of hydrogen-bond donors (Lipinski definition) is 0. The molecule has 1 rings (SSSR count). The van der Waals surface area contributed by atoms with Gasteiger partial charge in [-0.05, 0) is 24.9 Å². The van der Waals surface area contributed by atoms with Gasteiger partial charge in [0, 0.05) is 0 Å². The molecule has 1 aromatic rings. The Hall–Kier alpha value is -1.18. The zero-order chi connectivity index (χ0) is 12.0.